The molecule has 0 aliphatic heterocycles. The Bertz CT molecular complexity index is 346. The van der Waals surface area contributed by atoms with E-state index < -0.39 is 0 Å². The molecular formula is C8H4BrClIN. The van der Waals surface area contributed by atoms with E-state index in [2.05, 4.69) is 38.5 Å². The lowest BCUT2D eigenvalue weighted by Gasteiger charge is -2.01. The highest BCUT2D eigenvalue weighted by molar-refractivity contribution is 14.1. The standard InChI is InChI=1S/C8H4BrClIN/c9-3-5-1-6(4-12)7(10)2-8(5)11/h1-2H,3H2. The summed E-state index contributed by atoms with van der Waals surface area (Å²) in [5.41, 5.74) is 1.63. The minimum atomic E-state index is 0.520. The Balaban J connectivity index is 3.30. The van der Waals surface area contributed by atoms with Crippen LogP contribution in [0.4, 0.5) is 0 Å². The average Bonchev–Trinajstić information content (AvgIpc) is 2.05. The van der Waals surface area contributed by atoms with Crippen molar-refractivity contribution in [1.29, 1.82) is 5.26 Å². The summed E-state index contributed by atoms with van der Waals surface area (Å²) in [6, 6.07) is 5.65. The van der Waals surface area contributed by atoms with E-state index >= 15 is 0 Å². The Morgan fingerprint density at radius 2 is 2.25 bits per heavy atom. The maximum atomic E-state index is 8.68. The number of hydrogen-bond acceptors (Lipinski definition) is 1. The number of hydrogen-bond donors (Lipinski definition) is 0. The third kappa shape index (κ3) is 2.12. The number of alkyl halides is 1. The molecule has 0 amide bonds. The zero-order valence-electron chi connectivity index (χ0n) is 5.94. The second-order valence-corrected chi connectivity index (χ2v) is 4.30. The van der Waals surface area contributed by atoms with E-state index in [-0.39, 0.29) is 0 Å². The van der Waals surface area contributed by atoms with Crippen LogP contribution in [-0.4, -0.2) is 0 Å². The van der Waals surface area contributed by atoms with Gasteiger partial charge in [-0.1, -0.05) is 27.5 Å². The molecule has 0 saturated heterocycles. The molecule has 0 N–H and O–H groups in total. The monoisotopic (exact) mass is 355 g/mol. The zero-order chi connectivity index (χ0) is 9.14. The van der Waals surface area contributed by atoms with Crippen LogP contribution >= 0.6 is 50.1 Å². The van der Waals surface area contributed by atoms with Gasteiger partial charge < -0.3 is 0 Å². The van der Waals surface area contributed by atoms with Crippen molar-refractivity contribution in [2.24, 2.45) is 0 Å². The number of nitrogens with zero attached hydrogens (tertiary/aromatic N) is 1. The van der Waals surface area contributed by atoms with E-state index in [0.29, 0.717) is 10.6 Å². The van der Waals surface area contributed by atoms with Gasteiger partial charge in [-0.15, -0.1) is 0 Å². The first kappa shape index (κ1) is 10.3. The fraction of sp³-hybridized carbons (Fsp3) is 0.125. The van der Waals surface area contributed by atoms with Crippen molar-refractivity contribution in [3.63, 3.8) is 0 Å². The zero-order valence-corrected chi connectivity index (χ0v) is 10.4. The smallest absolute Gasteiger partial charge is 0.101 e. The molecule has 0 bridgehead atoms. The van der Waals surface area contributed by atoms with Crippen molar-refractivity contribution in [3.05, 3.63) is 31.9 Å². The molecule has 0 aliphatic rings. The van der Waals surface area contributed by atoms with E-state index in [1.165, 1.54) is 0 Å². The summed E-state index contributed by atoms with van der Waals surface area (Å²) >= 11 is 11.4. The lowest BCUT2D eigenvalue weighted by atomic mass is 10.1. The van der Waals surface area contributed by atoms with Crippen molar-refractivity contribution in [2.75, 3.05) is 0 Å². The molecule has 0 fully saturated rings. The average molecular weight is 356 g/mol. The minimum absolute atomic E-state index is 0.520. The molecule has 0 saturated carbocycles. The van der Waals surface area contributed by atoms with Gasteiger partial charge in [0.1, 0.15) is 6.07 Å². The van der Waals surface area contributed by atoms with E-state index in [1.54, 1.807) is 12.1 Å². The van der Waals surface area contributed by atoms with Crippen LogP contribution in [0.3, 0.4) is 0 Å². The topological polar surface area (TPSA) is 23.8 Å². The normalized spacial score (nSPS) is 9.50. The molecule has 0 unspecified atom stereocenters. The fourth-order valence-electron chi connectivity index (χ4n) is 0.782. The maximum Gasteiger partial charge on any atom is 0.101 e. The van der Waals surface area contributed by atoms with Crippen LogP contribution in [0.25, 0.3) is 0 Å². The van der Waals surface area contributed by atoms with Crippen molar-refractivity contribution in [3.8, 4) is 6.07 Å². The number of rotatable bonds is 1. The highest BCUT2D eigenvalue weighted by Crippen LogP contribution is 2.23. The molecule has 0 atom stereocenters. The molecule has 1 nitrogen and oxygen atoms in total. The van der Waals surface area contributed by atoms with Gasteiger partial charge in [0, 0.05) is 8.90 Å². The summed E-state index contributed by atoms with van der Waals surface area (Å²) < 4.78 is 1.08. The summed E-state index contributed by atoms with van der Waals surface area (Å²) in [5.74, 6) is 0. The lowest BCUT2D eigenvalue weighted by Crippen LogP contribution is -1.87. The van der Waals surface area contributed by atoms with Crippen molar-refractivity contribution >= 4 is 50.1 Å². The van der Waals surface area contributed by atoms with Crippen LogP contribution < -0.4 is 0 Å². The molecular weight excluding hydrogens is 352 g/mol. The summed E-state index contributed by atoms with van der Waals surface area (Å²) in [5, 5.41) is 9.94. The summed E-state index contributed by atoms with van der Waals surface area (Å²) in [6.45, 7) is 0. The SMILES string of the molecule is N#Cc1cc(CBr)c(I)cc1Cl. The first-order valence-electron chi connectivity index (χ1n) is 3.13. The first-order chi connectivity index (χ1) is 5.69. The molecule has 1 rings (SSSR count). The van der Waals surface area contributed by atoms with Gasteiger partial charge in [0.2, 0.25) is 0 Å². The lowest BCUT2D eigenvalue weighted by molar-refractivity contribution is 1.37. The highest BCUT2D eigenvalue weighted by Gasteiger charge is 2.04. The Hall–Kier alpha value is 0.210. The molecule has 0 heterocycles. The van der Waals surface area contributed by atoms with Gasteiger partial charge in [-0.2, -0.15) is 5.26 Å². The van der Waals surface area contributed by atoms with Crippen LogP contribution in [0.1, 0.15) is 11.1 Å². The minimum Gasteiger partial charge on any atom is -0.192 e. The number of nitriles is 1. The first-order valence-corrected chi connectivity index (χ1v) is 5.71. The van der Waals surface area contributed by atoms with Gasteiger partial charge in [-0.25, -0.2) is 0 Å². The molecule has 0 aromatic heterocycles. The van der Waals surface area contributed by atoms with Crippen LogP contribution in [-0.2, 0) is 5.33 Å². The number of halogens is 3. The third-order valence-corrected chi connectivity index (χ3v) is 3.32. The molecule has 0 aliphatic carbocycles. The van der Waals surface area contributed by atoms with Crippen molar-refractivity contribution < 1.29 is 0 Å². The maximum absolute atomic E-state index is 8.68. The summed E-state index contributed by atoms with van der Waals surface area (Å²) in [4.78, 5) is 0. The van der Waals surface area contributed by atoms with Gasteiger partial charge in [-0.3, -0.25) is 0 Å². The second kappa shape index (κ2) is 4.45. The molecule has 12 heavy (non-hydrogen) atoms. The van der Waals surface area contributed by atoms with Gasteiger partial charge in [0.05, 0.1) is 10.6 Å². The fourth-order valence-corrected chi connectivity index (χ4v) is 2.82. The predicted molar refractivity (Wildman–Crippen MR) is 61.5 cm³/mol. The van der Waals surface area contributed by atoms with Crippen LogP contribution in [0.5, 0.6) is 0 Å². The highest BCUT2D eigenvalue weighted by atomic mass is 127. The van der Waals surface area contributed by atoms with E-state index in [1.807, 2.05) is 6.07 Å². The molecule has 1 aromatic rings. The van der Waals surface area contributed by atoms with Crippen LogP contribution in [0, 0.1) is 14.9 Å². The van der Waals surface area contributed by atoms with E-state index in [9.17, 15) is 0 Å². The summed E-state index contributed by atoms with van der Waals surface area (Å²) in [7, 11) is 0. The van der Waals surface area contributed by atoms with E-state index in [0.717, 1.165) is 14.5 Å². The van der Waals surface area contributed by atoms with Gasteiger partial charge >= 0.3 is 0 Å². The Morgan fingerprint density at radius 1 is 1.58 bits per heavy atom. The quantitative estimate of drug-likeness (QED) is 0.556. The Kier molecular flexibility index (Phi) is 3.81. The van der Waals surface area contributed by atoms with Crippen molar-refractivity contribution in [2.45, 2.75) is 5.33 Å². The second-order valence-electron chi connectivity index (χ2n) is 2.17. The van der Waals surface area contributed by atoms with E-state index in [4.69, 9.17) is 16.9 Å². The van der Waals surface area contributed by atoms with Gasteiger partial charge in [0.25, 0.3) is 0 Å². The molecule has 1 aromatic carbocycles. The molecule has 0 radical (unpaired) electrons. The Morgan fingerprint density at radius 3 is 2.75 bits per heavy atom. The molecule has 0 spiro atoms. The third-order valence-electron chi connectivity index (χ3n) is 1.40. The molecule has 62 valence electrons. The van der Waals surface area contributed by atoms with Crippen LogP contribution in [0.2, 0.25) is 5.02 Å². The van der Waals surface area contributed by atoms with Crippen LogP contribution in [0.15, 0.2) is 12.1 Å². The largest absolute Gasteiger partial charge is 0.192 e. The van der Waals surface area contributed by atoms with Gasteiger partial charge in [-0.05, 0) is 40.3 Å². The number of benzene rings is 1. The van der Waals surface area contributed by atoms with Crippen molar-refractivity contribution in [1.82, 2.24) is 0 Å². The predicted octanol–water partition coefficient (Wildman–Crippen LogP) is 3.71. The van der Waals surface area contributed by atoms with Gasteiger partial charge in [0.15, 0.2) is 0 Å². The Labute approximate surface area is 98.0 Å². The summed E-state index contributed by atoms with van der Waals surface area (Å²) in [6.07, 6.45) is 0. The molecule has 4 heteroatoms.